The van der Waals surface area contributed by atoms with Crippen molar-refractivity contribution in [2.24, 2.45) is 0 Å². The van der Waals surface area contributed by atoms with Crippen LogP contribution >= 0.6 is 0 Å². The molecule has 3 rings (SSSR count). The summed E-state index contributed by atoms with van der Waals surface area (Å²) in [6, 6.07) is 9.30. The van der Waals surface area contributed by atoms with Gasteiger partial charge in [0, 0.05) is 30.6 Å². The molecule has 0 aliphatic carbocycles. The van der Waals surface area contributed by atoms with E-state index in [4.69, 9.17) is 0 Å². The SMILES string of the molecule is CC(C)N1CC(c2cccc(-c3cn[nH]n3)c2)C1. The molecular formula is C14H18N4. The van der Waals surface area contributed by atoms with E-state index in [0.29, 0.717) is 12.0 Å². The van der Waals surface area contributed by atoms with Crippen molar-refractivity contribution in [3.8, 4) is 11.3 Å². The summed E-state index contributed by atoms with van der Waals surface area (Å²) in [4.78, 5) is 2.49. The second-order valence-electron chi connectivity index (χ2n) is 5.23. The number of rotatable bonds is 3. The molecule has 0 bridgehead atoms. The maximum absolute atomic E-state index is 4.13. The first-order chi connectivity index (χ1) is 8.74. The molecule has 0 saturated carbocycles. The van der Waals surface area contributed by atoms with E-state index in [1.165, 1.54) is 18.7 Å². The van der Waals surface area contributed by atoms with Crippen LogP contribution in [0.1, 0.15) is 25.3 Å². The Morgan fingerprint density at radius 2 is 2.17 bits per heavy atom. The Morgan fingerprint density at radius 3 is 2.83 bits per heavy atom. The third-order valence-corrected chi connectivity index (χ3v) is 3.71. The molecule has 1 aromatic heterocycles. The minimum Gasteiger partial charge on any atom is -0.300 e. The summed E-state index contributed by atoms with van der Waals surface area (Å²) in [5, 5.41) is 10.6. The Kier molecular flexibility index (Phi) is 2.88. The smallest absolute Gasteiger partial charge is 0.112 e. The molecule has 0 amide bonds. The molecule has 0 unspecified atom stereocenters. The maximum Gasteiger partial charge on any atom is 0.112 e. The molecule has 1 fully saturated rings. The number of hydrogen-bond acceptors (Lipinski definition) is 3. The quantitative estimate of drug-likeness (QED) is 0.898. The zero-order valence-corrected chi connectivity index (χ0v) is 10.8. The molecule has 2 aromatic rings. The van der Waals surface area contributed by atoms with Crippen molar-refractivity contribution in [2.75, 3.05) is 13.1 Å². The summed E-state index contributed by atoms with van der Waals surface area (Å²) >= 11 is 0. The number of likely N-dealkylation sites (tertiary alicyclic amines) is 1. The lowest BCUT2D eigenvalue weighted by molar-refractivity contribution is 0.110. The number of benzene rings is 1. The first kappa shape index (κ1) is 11.4. The van der Waals surface area contributed by atoms with Crippen molar-refractivity contribution in [1.82, 2.24) is 20.3 Å². The van der Waals surface area contributed by atoms with Gasteiger partial charge in [-0.3, -0.25) is 4.90 Å². The summed E-state index contributed by atoms with van der Waals surface area (Å²) in [5.41, 5.74) is 3.47. The van der Waals surface area contributed by atoms with Crippen LogP contribution in [0.25, 0.3) is 11.3 Å². The highest BCUT2D eigenvalue weighted by Crippen LogP contribution is 2.30. The van der Waals surface area contributed by atoms with Crippen molar-refractivity contribution in [3.05, 3.63) is 36.0 Å². The zero-order chi connectivity index (χ0) is 12.5. The molecule has 1 N–H and O–H groups in total. The fourth-order valence-electron chi connectivity index (χ4n) is 2.44. The molecule has 94 valence electrons. The summed E-state index contributed by atoms with van der Waals surface area (Å²) in [5.74, 6) is 0.666. The van der Waals surface area contributed by atoms with E-state index < -0.39 is 0 Å². The third kappa shape index (κ3) is 2.04. The molecule has 1 aromatic carbocycles. The van der Waals surface area contributed by atoms with E-state index in [0.717, 1.165) is 11.3 Å². The van der Waals surface area contributed by atoms with Crippen molar-refractivity contribution >= 4 is 0 Å². The van der Waals surface area contributed by atoms with Gasteiger partial charge in [0.05, 0.1) is 6.20 Å². The monoisotopic (exact) mass is 242 g/mol. The van der Waals surface area contributed by atoms with Crippen molar-refractivity contribution < 1.29 is 0 Å². The summed E-state index contributed by atoms with van der Waals surface area (Å²) in [7, 11) is 0. The van der Waals surface area contributed by atoms with Crippen LogP contribution in [0.4, 0.5) is 0 Å². The normalized spacial score (nSPS) is 17.1. The lowest BCUT2D eigenvalue weighted by atomic mass is 9.89. The molecule has 0 radical (unpaired) electrons. The van der Waals surface area contributed by atoms with Crippen LogP contribution in [0.2, 0.25) is 0 Å². The van der Waals surface area contributed by atoms with Crippen molar-refractivity contribution in [2.45, 2.75) is 25.8 Å². The van der Waals surface area contributed by atoms with Crippen molar-refractivity contribution in [3.63, 3.8) is 0 Å². The van der Waals surface area contributed by atoms with Gasteiger partial charge in [-0.15, -0.1) is 0 Å². The highest BCUT2D eigenvalue weighted by molar-refractivity contribution is 5.59. The van der Waals surface area contributed by atoms with Gasteiger partial charge in [-0.05, 0) is 25.5 Å². The molecule has 1 saturated heterocycles. The minimum atomic E-state index is 0.653. The number of aromatic nitrogens is 3. The Hall–Kier alpha value is -1.68. The zero-order valence-electron chi connectivity index (χ0n) is 10.8. The first-order valence-electron chi connectivity index (χ1n) is 6.44. The van der Waals surface area contributed by atoms with Gasteiger partial charge in [-0.2, -0.15) is 15.4 Å². The number of nitrogens with zero attached hydrogens (tertiary/aromatic N) is 3. The van der Waals surface area contributed by atoms with Crippen LogP contribution < -0.4 is 0 Å². The summed E-state index contributed by atoms with van der Waals surface area (Å²) in [6.07, 6.45) is 1.76. The lowest BCUT2D eigenvalue weighted by Crippen LogP contribution is -2.48. The fraction of sp³-hybridized carbons (Fsp3) is 0.429. The van der Waals surface area contributed by atoms with Crippen LogP contribution in [0.15, 0.2) is 30.5 Å². The van der Waals surface area contributed by atoms with E-state index in [1.54, 1.807) is 6.20 Å². The van der Waals surface area contributed by atoms with Gasteiger partial charge in [0.1, 0.15) is 5.69 Å². The highest BCUT2D eigenvalue weighted by atomic mass is 15.3. The molecular weight excluding hydrogens is 224 g/mol. The number of aromatic amines is 1. The number of hydrogen-bond donors (Lipinski definition) is 1. The van der Waals surface area contributed by atoms with E-state index in [9.17, 15) is 0 Å². The maximum atomic E-state index is 4.13. The van der Waals surface area contributed by atoms with E-state index in [2.05, 4.69) is 58.4 Å². The van der Waals surface area contributed by atoms with Gasteiger partial charge < -0.3 is 0 Å². The third-order valence-electron chi connectivity index (χ3n) is 3.71. The second kappa shape index (κ2) is 4.53. The van der Waals surface area contributed by atoms with Gasteiger partial charge in [0.15, 0.2) is 0 Å². The molecule has 0 spiro atoms. The van der Waals surface area contributed by atoms with Gasteiger partial charge in [0.2, 0.25) is 0 Å². The molecule has 2 heterocycles. The Bertz CT molecular complexity index is 512. The molecule has 0 atom stereocenters. The predicted octanol–water partition coefficient (Wildman–Crippen LogP) is 2.28. The summed E-state index contributed by atoms with van der Waals surface area (Å²) in [6.45, 7) is 6.84. The molecule has 4 heteroatoms. The van der Waals surface area contributed by atoms with Crippen LogP contribution in [0, 0.1) is 0 Å². The van der Waals surface area contributed by atoms with Crippen molar-refractivity contribution in [1.29, 1.82) is 0 Å². The number of H-pyrrole nitrogens is 1. The molecule has 1 aliphatic heterocycles. The topological polar surface area (TPSA) is 44.8 Å². The Morgan fingerprint density at radius 1 is 1.33 bits per heavy atom. The second-order valence-corrected chi connectivity index (χ2v) is 5.23. The Labute approximate surface area is 107 Å². The highest BCUT2D eigenvalue weighted by Gasteiger charge is 2.29. The largest absolute Gasteiger partial charge is 0.300 e. The average molecular weight is 242 g/mol. The van der Waals surface area contributed by atoms with Crippen LogP contribution in [-0.2, 0) is 0 Å². The van der Waals surface area contributed by atoms with Gasteiger partial charge in [0.25, 0.3) is 0 Å². The average Bonchev–Trinajstić information content (AvgIpc) is 2.80. The van der Waals surface area contributed by atoms with Crippen LogP contribution in [0.5, 0.6) is 0 Å². The predicted molar refractivity (Wildman–Crippen MR) is 71.3 cm³/mol. The lowest BCUT2D eigenvalue weighted by Gasteiger charge is -2.42. The molecule has 4 nitrogen and oxygen atoms in total. The van der Waals surface area contributed by atoms with Gasteiger partial charge in [-0.25, -0.2) is 0 Å². The van der Waals surface area contributed by atoms with Crippen LogP contribution in [-0.4, -0.2) is 39.4 Å². The van der Waals surface area contributed by atoms with Gasteiger partial charge in [-0.1, -0.05) is 18.2 Å². The summed E-state index contributed by atoms with van der Waals surface area (Å²) < 4.78 is 0. The fourth-order valence-corrected chi connectivity index (χ4v) is 2.44. The standard InChI is InChI=1S/C14H18N4/c1-10(2)18-8-13(9-18)11-4-3-5-12(6-11)14-7-15-17-16-14/h3-7,10,13H,8-9H2,1-2H3,(H,15,16,17). The van der Waals surface area contributed by atoms with Crippen LogP contribution in [0.3, 0.4) is 0 Å². The van der Waals surface area contributed by atoms with E-state index in [1.807, 2.05) is 0 Å². The minimum absolute atomic E-state index is 0.653. The molecule has 18 heavy (non-hydrogen) atoms. The number of nitrogens with one attached hydrogen (secondary N) is 1. The molecule has 1 aliphatic rings. The van der Waals surface area contributed by atoms with E-state index in [-0.39, 0.29) is 0 Å². The van der Waals surface area contributed by atoms with E-state index >= 15 is 0 Å². The Balaban J connectivity index is 1.77. The first-order valence-corrected chi connectivity index (χ1v) is 6.44. The van der Waals surface area contributed by atoms with Gasteiger partial charge >= 0.3 is 0 Å².